The van der Waals surface area contributed by atoms with Crippen molar-refractivity contribution in [3.8, 4) is 0 Å². The van der Waals surface area contributed by atoms with Crippen molar-refractivity contribution in [2.75, 3.05) is 19.6 Å². The van der Waals surface area contributed by atoms with Crippen LogP contribution < -0.4 is 11.1 Å². The molecule has 1 aromatic heterocycles. The van der Waals surface area contributed by atoms with Gasteiger partial charge in [-0.2, -0.15) is 0 Å². The van der Waals surface area contributed by atoms with Crippen LogP contribution in [0.4, 0.5) is 0 Å². The van der Waals surface area contributed by atoms with Gasteiger partial charge in [0.15, 0.2) is 0 Å². The average molecular weight is 276 g/mol. The Labute approximate surface area is 120 Å². The highest BCUT2D eigenvalue weighted by atomic mass is 16.1. The van der Waals surface area contributed by atoms with Crippen molar-refractivity contribution in [1.29, 1.82) is 0 Å². The van der Waals surface area contributed by atoms with Crippen LogP contribution in [0.5, 0.6) is 0 Å². The monoisotopic (exact) mass is 276 g/mol. The van der Waals surface area contributed by atoms with Gasteiger partial charge in [0.25, 0.3) is 0 Å². The first-order valence-corrected chi connectivity index (χ1v) is 7.12. The van der Waals surface area contributed by atoms with Gasteiger partial charge >= 0.3 is 0 Å². The predicted octanol–water partition coefficient (Wildman–Crippen LogP) is 0.757. The van der Waals surface area contributed by atoms with E-state index in [-0.39, 0.29) is 5.91 Å². The first-order valence-electron chi connectivity index (χ1n) is 7.12. The first kappa shape index (κ1) is 14.9. The lowest BCUT2D eigenvalue weighted by Gasteiger charge is -2.39. The average Bonchev–Trinajstić information content (AvgIpc) is 2.42. The Bertz CT molecular complexity index is 446. The van der Waals surface area contributed by atoms with Crippen molar-refractivity contribution in [2.45, 2.75) is 32.9 Å². The molecule has 0 spiro atoms. The molecule has 0 aromatic carbocycles. The Balaban J connectivity index is 2.04. The number of nitrogens with two attached hydrogens (primary N) is 1. The minimum atomic E-state index is -0.472. The third-order valence-corrected chi connectivity index (χ3v) is 4.02. The van der Waals surface area contributed by atoms with Crippen LogP contribution in [-0.2, 0) is 11.3 Å². The molecule has 1 aromatic rings. The van der Waals surface area contributed by atoms with E-state index in [0.717, 1.165) is 32.6 Å². The Morgan fingerprint density at radius 3 is 2.85 bits per heavy atom. The second-order valence-corrected chi connectivity index (χ2v) is 6.14. The van der Waals surface area contributed by atoms with E-state index >= 15 is 0 Å². The van der Waals surface area contributed by atoms with Crippen LogP contribution in [0.3, 0.4) is 0 Å². The molecular weight excluding hydrogens is 252 g/mol. The lowest BCUT2D eigenvalue weighted by atomic mass is 9.84. The van der Waals surface area contributed by atoms with E-state index in [2.05, 4.69) is 15.2 Å². The van der Waals surface area contributed by atoms with Crippen LogP contribution in [0.25, 0.3) is 0 Å². The van der Waals surface area contributed by atoms with Gasteiger partial charge in [0, 0.05) is 50.0 Å². The SMILES string of the molecule is CC(C)(C[C@H]1CNCCN1Cc1ccncc1)C(N)=O. The first-order chi connectivity index (χ1) is 9.49. The molecule has 0 aliphatic carbocycles. The highest BCUT2D eigenvalue weighted by Crippen LogP contribution is 2.25. The maximum Gasteiger partial charge on any atom is 0.223 e. The van der Waals surface area contributed by atoms with Crippen molar-refractivity contribution in [1.82, 2.24) is 15.2 Å². The Hall–Kier alpha value is -1.46. The number of pyridine rings is 1. The molecule has 1 fully saturated rings. The molecule has 0 saturated carbocycles. The molecule has 1 saturated heterocycles. The minimum Gasteiger partial charge on any atom is -0.369 e. The molecule has 5 heteroatoms. The van der Waals surface area contributed by atoms with E-state index in [9.17, 15) is 4.79 Å². The van der Waals surface area contributed by atoms with Gasteiger partial charge in [-0.15, -0.1) is 0 Å². The molecular formula is C15H24N4O. The van der Waals surface area contributed by atoms with Crippen LogP contribution in [0.2, 0.25) is 0 Å². The lowest BCUT2D eigenvalue weighted by molar-refractivity contribution is -0.127. The summed E-state index contributed by atoms with van der Waals surface area (Å²) in [7, 11) is 0. The summed E-state index contributed by atoms with van der Waals surface area (Å²) in [4.78, 5) is 18.0. The highest BCUT2D eigenvalue weighted by Gasteiger charge is 2.32. The van der Waals surface area contributed by atoms with Crippen LogP contribution in [0.1, 0.15) is 25.8 Å². The lowest BCUT2D eigenvalue weighted by Crippen LogP contribution is -2.53. The van der Waals surface area contributed by atoms with Gasteiger partial charge in [0.2, 0.25) is 5.91 Å². The number of piperazine rings is 1. The Morgan fingerprint density at radius 2 is 2.20 bits per heavy atom. The molecule has 0 bridgehead atoms. The van der Waals surface area contributed by atoms with E-state index in [4.69, 9.17) is 5.73 Å². The molecule has 2 heterocycles. The number of nitrogens with one attached hydrogen (secondary N) is 1. The minimum absolute atomic E-state index is 0.230. The zero-order valence-corrected chi connectivity index (χ0v) is 12.3. The van der Waals surface area contributed by atoms with E-state index in [1.54, 1.807) is 0 Å². The topological polar surface area (TPSA) is 71.2 Å². The number of hydrogen-bond donors (Lipinski definition) is 2. The summed E-state index contributed by atoms with van der Waals surface area (Å²) in [6, 6.07) is 4.41. The molecule has 2 rings (SSSR count). The molecule has 110 valence electrons. The van der Waals surface area contributed by atoms with Crippen molar-refractivity contribution >= 4 is 5.91 Å². The maximum absolute atomic E-state index is 11.5. The fourth-order valence-corrected chi connectivity index (χ4v) is 2.62. The van der Waals surface area contributed by atoms with Crippen molar-refractivity contribution < 1.29 is 4.79 Å². The summed E-state index contributed by atoms with van der Waals surface area (Å²) in [6.07, 6.45) is 4.42. The third-order valence-electron chi connectivity index (χ3n) is 4.02. The smallest absolute Gasteiger partial charge is 0.223 e. The van der Waals surface area contributed by atoms with Crippen LogP contribution in [0, 0.1) is 5.41 Å². The number of primary amides is 1. The summed E-state index contributed by atoms with van der Waals surface area (Å²) in [6.45, 7) is 7.62. The van der Waals surface area contributed by atoms with E-state index in [0.29, 0.717) is 6.04 Å². The Morgan fingerprint density at radius 1 is 1.50 bits per heavy atom. The van der Waals surface area contributed by atoms with Crippen molar-refractivity contribution in [3.05, 3.63) is 30.1 Å². The Kier molecular flexibility index (Phi) is 4.73. The second-order valence-electron chi connectivity index (χ2n) is 6.14. The molecule has 1 atom stereocenters. The zero-order chi connectivity index (χ0) is 14.6. The third kappa shape index (κ3) is 3.77. The van der Waals surface area contributed by atoms with Gasteiger partial charge in [-0.25, -0.2) is 0 Å². The molecule has 1 aliphatic rings. The molecule has 0 radical (unpaired) electrons. The molecule has 1 aliphatic heterocycles. The van der Waals surface area contributed by atoms with Crippen LogP contribution in [0.15, 0.2) is 24.5 Å². The number of nitrogens with zero attached hydrogens (tertiary/aromatic N) is 2. The number of carbonyl (C=O) groups excluding carboxylic acids is 1. The maximum atomic E-state index is 11.5. The van der Waals surface area contributed by atoms with E-state index < -0.39 is 5.41 Å². The highest BCUT2D eigenvalue weighted by molar-refractivity contribution is 5.79. The number of rotatable bonds is 5. The van der Waals surface area contributed by atoms with Crippen molar-refractivity contribution in [2.24, 2.45) is 11.1 Å². The predicted molar refractivity (Wildman–Crippen MR) is 78.9 cm³/mol. The normalized spacial score (nSPS) is 20.8. The van der Waals surface area contributed by atoms with Gasteiger partial charge in [0.1, 0.15) is 0 Å². The summed E-state index contributed by atoms with van der Waals surface area (Å²) in [5.74, 6) is -0.230. The van der Waals surface area contributed by atoms with Crippen molar-refractivity contribution in [3.63, 3.8) is 0 Å². The zero-order valence-electron chi connectivity index (χ0n) is 12.3. The van der Waals surface area contributed by atoms with E-state index in [1.807, 2.05) is 38.4 Å². The summed E-state index contributed by atoms with van der Waals surface area (Å²) in [5, 5.41) is 3.41. The summed E-state index contributed by atoms with van der Waals surface area (Å²) in [5.41, 5.74) is 6.28. The number of amides is 1. The van der Waals surface area contributed by atoms with E-state index in [1.165, 1.54) is 5.56 Å². The number of carbonyl (C=O) groups is 1. The van der Waals surface area contributed by atoms with Crippen LogP contribution >= 0.6 is 0 Å². The number of hydrogen-bond acceptors (Lipinski definition) is 4. The molecule has 20 heavy (non-hydrogen) atoms. The summed E-state index contributed by atoms with van der Waals surface area (Å²) < 4.78 is 0. The molecule has 1 amide bonds. The largest absolute Gasteiger partial charge is 0.369 e. The molecule has 5 nitrogen and oxygen atoms in total. The van der Waals surface area contributed by atoms with Gasteiger partial charge in [0.05, 0.1) is 0 Å². The van der Waals surface area contributed by atoms with Gasteiger partial charge in [-0.05, 0) is 24.1 Å². The number of aromatic nitrogens is 1. The van der Waals surface area contributed by atoms with Gasteiger partial charge in [-0.3, -0.25) is 14.7 Å². The second kappa shape index (κ2) is 6.33. The van der Waals surface area contributed by atoms with Gasteiger partial charge in [-0.1, -0.05) is 13.8 Å². The quantitative estimate of drug-likeness (QED) is 0.833. The molecule has 3 N–H and O–H groups in total. The summed E-state index contributed by atoms with van der Waals surface area (Å²) >= 11 is 0. The van der Waals surface area contributed by atoms with Gasteiger partial charge < -0.3 is 11.1 Å². The molecule has 0 unspecified atom stereocenters. The van der Waals surface area contributed by atoms with Crippen LogP contribution in [-0.4, -0.2) is 41.5 Å². The fourth-order valence-electron chi connectivity index (χ4n) is 2.62. The fraction of sp³-hybridized carbons (Fsp3) is 0.600. The standard InChI is InChI=1S/C15H24N4O/c1-15(2,14(16)20)9-13-10-18-7-8-19(13)11-12-3-5-17-6-4-12/h3-6,13,18H,7-11H2,1-2H3,(H2,16,20)/t13-/m0/s1.